The molecule has 0 aromatic carbocycles. The van der Waals surface area contributed by atoms with Gasteiger partial charge in [-0.1, -0.05) is 69.7 Å². The predicted octanol–water partition coefficient (Wildman–Crippen LogP) is 6.17. The molecule has 16 heteroatoms. The monoisotopic (exact) mass is 994 g/mol. The van der Waals surface area contributed by atoms with E-state index in [0.717, 1.165) is 18.7 Å². The standard InChI is InChI=1S/C55H83N3O13/c1-33-14-11-10-12-15-34(2)28-36(4)48(60)50(68-9)49(61)37(5)29-35(3)43(59)32-45-42(30-39-19-22-44(46(31-39)67-8)70-54(65)57-26-24-56(7)25-27-57)41-16-13-23-58(47(41)53(64)69-45)52(63)51(62)55(66)38(6)18-21-40(71-55)20-17-33/h10-12,14-15,29,34-36,38-42,44-47,49-50,61,66H,13,16-28,30-32H2,1-9H3/b11-10+,15-12+,33-14+,37-29+/t34-,35-,36?,38?,39?,40-,41?,42+,44-,45+,46?,47?,49?,50+,55?/m1/s1. The van der Waals surface area contributed by atoms with Gasteiger partial charge >= 0.3 is 12.1 Å². The van der Waals surface area contributed by atoms with Crippen LogP contribution in [0.15, 0.2) is 47.6 Å². The normalized spacial score (nSPS) is 40.5. The molecule has 2 N–H and O–H groups in total. The number of amides is 2. The molecule has 4 saturated heterocycles. The van der Waals surface area contributed by atoms with Gasteiger partial charge in [0, 0.05) is 77.0 Å². The largest absolute Gasteiger partial charge is 0.460 e. The van der Waals surface area contributed by atoms with E-state index in [-0.39, 0.29) is 42.5 Å². The van der Waals surface area contributed by atoms with Crippen LogP contribution in [0, 0.1) is 41.4 Å². The number of hydrogen-bond donors (Lipinski definition) is 2. The Balaban J connectivity index is 1.29. The molecule has 0 aromatic heterocycles. The Bertz CT molecular complexity index is 2030. The third-order valence-electron chi connectivity index (χ3n) is 16.5. The molecule has 396 valence electrons. The number of aliphatic hydroxyl groups is 2. The van der Waals surface area contributed by atoms with E-state index in [0.29, 0.717) is 89.3 Å². The van der Waals surface area contributed by atoms with Gasteiger partial charge in [0.1, 0.15) is 36.2 Å². The summed E-state index contributed by atoms with van der Waals surface area (Å²) in [5.74, 6) is -8.39. The highest BCUT2D eigenvalue weighted by Crippen LogP contribution is 2.45. The van der Waals surface area contributed by atoms with Crippen LogP contribution >= 0.6 is 0 Å². The van der Waals surface area contributed by atoms with Crippen molar-refractivity contribution < 1.29 is 62.7 Å². The van der Waals surface area contributed by atoms with Crippen molar-refractivity contribution in [3.8, 4) is 0 Å². The van der Waals surface area contributed by atoms with E-state index in [4.69, 9.17) is 23.7 Å². The number of Topliss-reactive ketones (excluding diaryl/α,β-unsaturated/α-hetero) is 3. The molecular weight excluding hydrogens is 911 g/mol. The van der Waals surface area contributed by atoms with Gasteiger partial charge in [0.25, 0.3) is 11.7 Å². The van der Waals surface area contributed by atoms with Gasteiger partial charge in [0.2, 0.25) is 5.79 Å². The van der Waals surface area contributed by atoms with Crippen LogP contribution in [0.3, 0.4) is 0 Å². The highest BCUT2D eigenvalue weighted by atomic mass is 16.6. The second-order valence-electron chi connectivity index (χ2n) is 21.8. The van der Waals surface area contributed by atoms with E-state index >= 15 is 0 Å². The number of piperidine rings is 1. The summed E-state index contributed by atoms with van der Waals surface area (Å²) in [7, 11) is 5.01. The molecule has 6 aliphatic rings. The van der Waals surface area contributed by atoms with Crippen molar-refractivity contribution in [2.45, 2.75) is 167 Å². The zero-order valence-corrected chi connectivity index (χ0v) is 43.8. The van der Waals surface area contributed by atoms with Crippen LogP contribution in [-0.4, -0.2) is 163 Å². The average molecular weight is 994 g/mol. The van der Waals surface area contributed by atoms with Crippen LogP contribution in [0.5, 0.6) is 0 Å². The highest BCUT2D eigenvalue weighted by molar-refractivity contribution is 6.39. The SMILES string of the molecule is COC1CC(C[C@H]2C3CCCN4C(=O)C(=O)C5(O)O[C@H](CC/C(C)=C/C=C/C=C/[C@@H](C)CC(C)C(=O)[C@H](OC)C(O)/C(C)=C/[C@@H](C)C(=O)C[C@@H]2OC(=O)C34)CCC5C)CC[C@H]1OC(=O)N1CCN(C)CC1. The quantitative estimate of drug-likeness (QED) is 0.180. The van der Waals surface area contributed by atoms with E-state index < -0.39 is 95.7 Å². The lowest BCUT2D eigenvalue weighted by Gasteiger charge is -2.50. The zero-order valence-electron chi connectivity index (χ0n) is 43.8. The van der Waals surface area contributed by atoms with E-state index in [1.807, 2.05) is 58.2 Å². The molecule has 5 aliphatic heterocycles. The molecular formula is C55H83N3O13. The lowest BCUT2D eigenvalue weighted by Crippen LogP contribution is -2.65. The molecule has 1 saturated carbocycles. The van der Waals surface area contributed by atoms with Crippen molar-refractivity contribution in [1.82, 2.24) is 14.7 Å². The number of fused-ring (bicyclic) bond motifs is 4. The number of rotatable bonds is 5. The first-order valence-electron chi connectivity index (χ1n) is 26.3. The maximum atomic E-state index is 14.5. The fraction of sp³-hybridized carbons (Fsp3) is 0.745. The van der Waals surface area contributed by atoms with Gasteiger partial charge in [-0.15, -0.1) is 0 Å². The van der Waals surface area contributed by atoms with Crippen LogP contribution < -0.4 is 0 Å². The topological polar surface area (TPSA) is 199 Å². The van der Waals surface area contributed by atoms with Crippen LogP contribution in [0.1, 0.15) is 119 Å². The number of ketones is 3. The van der Waals surface area contributed by atoms with Crippen molar-refractivity contribution in [3.05, 3.63) is 47.6 Å². The van der Waals surface area contributed by atoms with E-state index in [1.165, 1.54) is 12.0 Å². The Morgan fingerprint density at radius 2 is 1.59 bits per heavy atom. The number of aliphatic hydroxyl groups excluding tert-OH is 1. The maximum Gasteiger partial charge on any atom is 0.410 e. The number of esters is 1. The van der Waals surface area contributed by atoms with Crippen molar-refractivity contribution >= 4 is 35.3 Å². The molecule has 1 aliphatic carbocycles. The minimum absolute atomic E-state index is 0.00737. The molecule has 8 unspecified atom stereocenters. The third kappa shape index (κ3) is 13.8. The summed E-state index contributed by atoms with van der Waals surface area (Å²) < 4.78 is 30.1. The minimum Gasteiger partial charge on any atom is -0.460 e. The summed E-state index contributed by atoms with van der Waals surface area (Å²) in [6.07, 6.45) is 12.2. The lowest BCUT2D eigenvalue weighted by atomic mass is 9.68. The van der Waals surface area contributed by atoms with Crippen LogP contribution in [0.2, 0.25) is 0 Å². The first-order valence-corrected chi connectivity index (χ1v) is 26.3. The first-order chi connectivity index (χ1) is 33.8. The Morgan fingerprint density at radius 1 is 0.859 bits per heavy atom. The summed E-state index contributed by atoms with van der Waals surface area (Å²) in [5, 5.41) is 23.5. The Morgan fingerprint density at radius 3 is 2.30 bits per heavy atom. The maximum absolute atomic E-state index is 14.5. The number of carbonyl (C=O) groups is 6. The number of likely N-dealkylation sites (N-methyl/N-ethyl adjacent to an activating group) is 1. The van der Waals surface area contributed by atoms with Gasteiger partial charge in [0.15, 0.2) is 5.78 Å². The number of allylic oxidation sites excluding steroid dienone is 7. The molecule has 71 heavy (non-hydrogen) atoms. The summed E-state index contributed by atoms with van der Waals surface area (Å²) in [6, 6.07) is -1.13. The first kappa shape index (κ1) is 56.2. The van der Waals surface area contributed by atoms with Gasteiger partial charge in [0.05, 0.1) is 12.2 Å². The molecule has 0 spiro atoms. The van der Waals surface area contributed by atoms with Gasteiger partial charge < -0.3 is 48.6 Å². The third-order valence-corrected chi connectivity index (χ3v) is 16.5. The highest BCUT2D eigenvalue weighted by Gasteiger charge is 2.57. The molecule has 2 amide bonds. The fourth-order valence-corrected chi connectivity index (χ4v) is 11.9. The fourth-order valence-electron chi connectivity index (χ4n) is 11.9. The summed E-state index contributed by atoms with van der Waals surface area (Å²) >= 11 is 0. The summed E-state index contributed by atoms with van der Waals surface area (Å²) in [4.78, 5) is 89.8. The number of hydrogen-bond acceptors (Lipinski definition) is 14. The molecule has 16 nitrogen and oxygen atoms in total. The van der Waals surface area contributed by atoms with Crippen LogP contribution in [0.4, 0.5) is 4.79 Å². The molecule has 0 radical (unpaired) electrons. The number of nitrogens with zero attached hydrogens (tertiary/aromatic N) is 3. The number of piperazine rings is 1. The Hall–Kier alpha value is -4.06. The summed E-state index contributed by atoms with van der Waals surface area (Å²) in [5.41, 5.74) is 1.45. The minimum atomic E-state index is -2.39. The second-order valence-corrected chi connectivity index (χ2v) is 21.8. The van der Waals surface area contributed by atoms with Gasteiger partial charge in [-0.25, -0.2) is 9.59 Å². The average Bonchev–Trinajstić information content (AvgIpc) is 3.34. The Kier molecular flexibility index (Phi) is 20.0. The van der Waals surface area contributed by atoms with E-state index in [1.54, 1.807) is 38.9 Å². The number of methoxy groups -OCH3 is 2. The van der Waals surface area contributed by atoms with Crippen molar-refractivity contribution in [3.63, 3.8) is 0 Å². The predicted molar refractivity (Wildman–Crippen MR) is 265 cm³/mol. The Labute approximate surface area is 421 Å². The second kappa shape index (κ2) is 25.3. The molecule has 0 aromatic rings. The molecule has 5 heterocycles. The van der Waals surface area contributed by atoms with Crippen LogP contribution in [0.25, 0.3) is 0 Å². The zero-order chi connectivity index (χ0) is 51.7. The van der Waals surface area contributed by atoms with Crippen molar-refractivity contribution in [2.75, 3.05) is 54.0 Å². The van der Waals surface area contributed by atoms with Gasteiger partial charge in [-0.05, 0) is 115 Å². The van der Waals surface area contributed by atoms with E-state index in [2.05, 4.69) is 4.90 Å². The molecule has 6 rings (SSSR count). The van der Waals surface area contributed by atoms with Crippen molar-refractivity contribution in [1.29, 1.82) is 0 Å². The number of ether oxygens (including phenoxy) is 5. The lowest BCUT2D eigenvalue weighted by molar-refractivity contribution is -0.263. The molecule has 15 atom stereocenters. The molecule has 4 bridgehead atoms. The molecule has 5 fully saturated rings. The van der Waals surface area contributed by atoms with Crippen molar-refractivity contribution in [2.24, 2.45) is 41.4 Å². The van der Waals surface area contributed by atoms with Gasteiger partial charge in [-0.3, -0.25) is 19.2 Å². The van der Waals surface area contributed by atoms with Gasteiger partial charge in [-0.2, -0.15) is 0 Å². The number of carbonyl (C=O) groups excluding carboxylic acids is 6. The van der Waals surface area contributed by atoms with E-state index in [9.17, 15) is 39.0 Å². The summed E-state index contributed by atoms with van der Waals surface area (Å²) in [6.45, 7) is 13.7. The smallest absolute Gasteiger partial charge is 0.410 e. The van der Waals surface area contributed by atoms with Crippen LogP contribution in [-0.2, 0) is 47.7 Å².